The summed E-state index contributed by atoms with van der Waals surface area (Å²) in [5, 5.41) is 8.91. The summed E-state index contributed by atoms with van der Waals surface area (Å²) in [6.07, 6.45) is 8.12. The number of carboxylic acid groups (broad SMARTS) is 1. The molecule has 0 radical (unpaired) electrons. The zero-order chi connectivity index (χ0) is 13.5. The Labute approximate surface area is 108 Å². The van der Waals surface area contributed by atoms with Gasteiger partial charge in [-0.15, -0.1) is 0 Å². The maximum Gasteiger partial charge on any atom is 0.306 e. The quantitative estimate of drug-likeness (QED) is 0.711. The summed E-state index contributed by atoms with van der Waals surface area (Å²) in [6, 6.07) is -0.465. The molecule has 1 atom stereocenters. The number of rotatable bonds is 6. The normalized spacial score (nSPS) is 26.1. The summed E-state index contributed by atoms with van der Waals surface area (Å²) in [4.78, 5) is 22.6. The molecule has 102 valence electrons. The van der Waals surface area contributed by atoms with E-state index < -0.39 is 12.0 Å². The third-order valence-corrected chi connectivity index (χ3v) is 3.69. The van der Waals surface area contributed by atoms with Gasteiger partial charge >= 0.3 is 5.97 Å². The van der Waals surface area contributed by atoms with Crippen LogP contribution in [0.15, 0.2) is 12.2 Å². The molecule has 18 heavy (non-hydrogen) atoms. The molecule has 1 fully saturated rings. The third-order valence-electron chi connectivity index (χ3n) is 3.69. The molecule has 0 aromatic heterocycles. The minimum atomic E-state index is -0.726. The summed E-state index contributed by atoms with van der Waals surface area (Å²) >= 11 is 0. The number of aliphatic carboxylic acids is 1. The molecule has 0 aromatic rings. The molecule has 4 nitrogen and oxygen atoms in total. The predicted octanol–water partition coefficient (Wildman–Crippen LogP) is 2.13. The average Bonchev–Trinajstić information content (AvgIpc) is 2.38. The van der Waals surface area contributed by atoms with Crippen LogP contribution in [0.3, 0.4) is 0 Å². The number of carboxylic acids is 1. The van der Waals surface area contributed by atoms with Crippen molar-refractivity contribution >= 4 is 11.8 Å². The van der Waals surface area contributed by atoms with Crippen molar-refractivity contribution in [1.29, 1.82) is 0 Å². The predicted molar refractivity (Wildman–Crippen MR) is 70.1 cm³/mol. The van der Waals surface area contributed by atoms with E-state index in [4.69, 9.17) is 10.8 Å². The van der Waals surface area contributed by atoms with Gasteiger partial charge in [0.1, 0.15) is 0 Å². The van der Waals surface area contributed by atoms with Gasteiger partial charge in [0.25, 0.3) is 0 Å². The van der Waals surface area contributed by atoms with Crippen LogP contribution in [0.2, 0.25) is 0 Å². The number of carbonyl (C=O) groups excluding carboxylic acids is 1. The van der Waals surface area contributed by atoms with E-state index in [2.05, 4.69) is 6.92 Å². The highest BCUT2D eigenvalue weighted by Crippen LogP contribution is 2.30. The number of allylic oxidation sites excluding steroid dienone is 1. The largest absolute Gasteiger partial charge is 0.481 e. The first-order chi connectivity index (χ1) is 8.56. The number of ketones is 1. The van der Waals surface area contributed by atoms with Gasteiger partial charge in [0.2, 0.25) is 0 Å². The standard InChI is InChI=1S/C14H23NO3/c1-2-3-4-5-12(16)13(15)10-6-8-11(9-7-10)14(17)18/h4-5,10-11,13H,2-3,6-9,15H2,1H3,(H,17,18)/b5-4+/t10-,11-,13?. The van der Waals surface area contributed by atoms with E-state index in [9.17, 15) is 9.59 Å². The molecule has 1 aliphatic carbocycles. The molecule has 1 unspecified atom stereocenters. The zero-order valence-electron chi connectivity index (χ0n) is 11.0. The Morgan fingerprint density at radius 2 is 1.94 bits per heavy atom. The smallest absolute Gasteiger partial charge is 0.306 e. The SMILES string of the molecule is CCC/C=C/C(=O)C(N)[C@H]1CC[C@H](C(=O)O)CC1. The summed E-state index contributed by atoms with van der Waals surface area (Å²) in [5.74, 6) is -0.864. The molecular formula is C14H23NO3. The van der Waals surface area contributed by atoms with Crippen LogP contribution in [0.4, 0.5) is 0 Å². The van der Waals surface area contributed by atoms with Gasteiger partial charge in [-0.2, -0.15) is 0 Å². The Balaban J connectivity index is 2.42. The van der Waals surface area contributed by atoms with Crippen molar-refractivity contribution in [2.75, 3.05) is 0 Å². The van der Waals surface area contributed by atoms with E-state index in [0.29, 0.717) is 12.8 Å². The lowest BCUT2D eigenvalue weighted by Gasteiger charge is -2.29. The molecule has 0 aliphatic heterocycles. The lowest BCUT2D eigenvalue weighted by atomic mass is 9.77. The first-order valence-corrected chi connectivity index (χ1v) is 6.75. The van der Waals surface area contributed by atoms with Gasteiger partial charge in [-0.05, 0) is 44.1 Å². The highest BCUT2D eigenvalue weighted by Gasteiger charge is 2.31. The monoisotopic (exact) mass is 253 g/mol. The first kappa shape index (κ1) is 14.9. The highest BCUT2D eigenvalue weighted by atomic mass is 16.4. The molecule has 0 spiro atoms. The fourth-order valence-corrected chi connectivity index (χ4v) is 2.43. The Morgan fingerprint density at radius 1 is 1.33 bits per heavy atom. The number of unbranched alkanes of at least 4 members (excludes halogenated alkanes) is 1. The minimum Gasteiger partial charge on any atom is -0.481 e. The number of carbonyl (C=O) groups is 2. The van der Waals surface area contributed by atoms with Gasteiger partial charge < -0.3 is 10.8 Å². The Bertz CT molecular complexity index is 317. The molecule has 4 heteroatoms. The fraction of sp³-hybridized carbons (Fsp3) is 0.714. The van der Waals surface area contributed by atoms with Crippen molar-refractivity contribution in [3.8, 4) is 0 Å². The van der Waals surface area contributed by atoms with E-state index in [1.54, 1.807) is 6.08 Å². The van der Waals surface area contributed by atoms with Crippen molar-refractivity contribution in [3.63, 3.8) is 0 Å². The fourth-order valence-electron chi connectivity index (χ4n) is 2.43. The van der Waals surface area contributed by atoms with Gasteiger partial charge in [-0.3, -0.25) is 9.59 Å². The topological polar surface area (TPSA) is 80.4 Å². The average molecular weight is 253 g/mol. The summed E-state index contributed by atoms with van der Waals surface area (Å²) < 4.78 is 0. The second-order valence-electron chi connectivity index (χ2n) is 5.07. The Hall–Kier alpha value is -1.16. The minimum absolute atomic E-state index is 0.0257. The molecule has 3 N–H and O–H groups in total. The van der Waals surface area contributed by atoms with Crippen molar-refractivity contribution in [2.24, 2.45) is 17.6 Å². The molecule has 0 heterocycles. The summed E-state index contributed by atoms with van der Waals surface area (Å²) in [5.41, 5.74) is 5.95. The Morgan fingerprint density at radius 3 is 2.44 bits per heavy atom. The summed E-state index contributed by atoms with van der Waals surface area (Å²) in [6.45, 7) is 2.06. The van der Waals surface area contributed by atoms with Crippen molar-refractivity contribution < 1.29 is 14.7 Å². The molecular weight excluding hydrogens is 230 g/mol. The summed E-state index contributed by atoms with van der Waals surface area (Å²) in [7, 11) is 0. The van der Waals surface area contributed by atoms with Gasteiger partial charge in [0.15, 0.2) is 5.78 Å². The van der Waals surface area contributed by atoms with Gasteiger partial charge in [-0.25, -0.2) is 0 Å². The Kier molecular flexibility index (Phi) is 6.05. The maximum absolute atomic E-state index is 11.8. The molecule has 0 aromatic carbocycles. The molecule has 1 aliphatic rings. The molecule has 1 saturated carbocycles. The lowest BCUT2D eigenvalue weighted by Crippen LogP contribution is -2.39. The van der Waals surface area contributed by atoms with Crippen molar-refractivity contribution in [1.82, 2.24) is 0 Å². The van der Waals surface area contributed by atoms with Crippen LogP contribution in [0.1, 0.15) is 45.4 Å². The van der Waals surface area contributed by atoms with Crippen LogP contribution < -0.4 is 5.73 Å². The van der Waals surface area contributed by atoms with Crippen LogP contribution in [0.5, 0.6) is 0 Å². The van der Waals surface area contributed by atoms with Crippen molar-refractivity contribution in [2.45, 2.75) is 51.5 Å². The van der Waals surface area contributed by atoms with Crippen LogP contribution >= 0.6 is 0 Å². The number of hydrogen-bond donors (Lipinski definition) is 2. The van der Waals surface area contributed by atoms with E-state index in [1.807, 2.05) is 6.08 Å². The second kappa shape index (κ2) is 7.31. The number of nitrogens with two attached hydrogens (primary N) is 1. The van der Waals surface area contributed by atoms with E-state index in [1.165, 1.54) is 0 Å². The van der Waals surface area contributed by atoms with Gasteiger partial charge in [-0.1, -0.05) is 19.4 Å². The van der Waals surface area contributed by atoms with Crippen LogP contribution in [-0.4, -0.2) is 22.9 Å². The van der Waals surface area contributed by atoms with Crippen molar-refractivity contribution in [3.05, 3.63) is 12.2 Å². The van der Waals surface area contributed by atoms with E-state index in [0.717, 1.165) is 25.7 Å². The number of hydrogen-bond acceptors (Lipinski definition) is 3. The molecule has 0 amide bonds. The van der Waals surface area contributed by atoms with Gasteiger partial charge in [0.05, 0.1) is 12.0 Å². The van der Waals surface area contributed by atoms with Gasteiger partial charge in [0, 0.05) is 0 Å². The second-order valence-corrected chi connectivity index (χ2v) is 5.07. The maximum atomic E-state index is 11.8. The van der Waals surface area contributed by atoms with Crippen LogP contribution in [0.25, 0.3) is 0 Å². The van der Waals surface area contributed by atoms with Crippen LogP contribution in [-0.2, 0) is 9.59 Å². The molecule has 1 rings (SSSR count). The van der Waals surface area contributed by atoms with E-state index >= 15 is 0 Å². The highest BCUT2D eigenvalue weighted by molar-refractivity contribution is 5.94. The lowest BCUT2D eigenvalue weighted by molar-refractivity contribution is -0.143. The third kappa shape index (κ3) is 4.26. The molecule has 0 bridgehead atoms. The van der Waals surface area contributed by atoms with E-state index in [-0.39, 0.29) is 17.6 Å². The molecule has 0 saturated heterocycles. The first-order valence-electron chi connectivity index (χ1n) is 6.75. The zero-order valence-corrected chi connectivity index (χ0v) is 11.0. The van der Waals surface area contributed by atoms with Crippen LogP contribution in [0, 0.1) is 11.8 Å².